The minimum Gasteiger partial charge on any atom is -0.504 e. The van der Waals surface area contributed by atoms with Crippen LogP contribution in [0.15, 0.2) is 36.5 Å². The molecule has 0 atom stereocenters. The number of aromatic hydroxyl groups is 1. The summed E-state index contributed by atoms with van der Waals surface area (Å²) in [5.74, 6) is -2.38. The highest BCUT2D eigenvalue weighted by Crippen LogP contribution is 2.51. The van der Waals surface area contributed by atoms with Crippen molar-refractivity contribution >= 4 is 39.4 Å². The molecule has 0 saturated carbocycles. The smallest absolute Gasteiger partial charge is 0.338 e. The van der Waals surface area contributed by atoms with Gasteiger partial charge in [-0.25, -0.2) is 14.2 Å². The Morgan fingerprint density at radius 1 is 1.26 bits per heavy atom. The van der Waals surface area contributed by atoms with E-state index in [1.54, 1.807) is 12.1 Å². The molecule has 10 nitrogen and oxygen atoms in total. The van der Waals surface area contributed by atoms with Gasteiger partial charge < -0.3 is 15.2 Å². The molecule has 0 spiro atoms. The van der Waals surface area contributed by atoms with Crippen molar-refractivity contribution in [2.24, 2.45) is 0 Å². The summed E-state index contributed by atoms with van der Waals surface area (Å²) < 4.78 is 40.8. The number of hydrogen-bond acceptors (Lipinski definition) is 9. The lowest BCUT2D eigenvalue weighted by atomic mass is 10.1. The van der Waals surface area contributed by atoms with Gasteiger partial charge in [-0.15, -0.1) is 10.8 Å². The van der Waals surface area contributed by atoms with Crippen LogP contribution in [0.4, 0.5) is 10.2 Å². The van der Waals surface area contributed by atoms with Gasteiger partial charge in [-0.2, -0.15) is 0 Å². The minimum absolute atomic E-state index is 0.0527. The van der Waals surface area contributed by atoms with Crippen LogP contribution < -0.4 is 9.62 Å². The lowest BCUT2D eigenvalue weighted by molar-refractivity contribution is 0.0598. The second-order valence-corrected chi connectivity index (χ2v) is 9.77. The number of aromatic nitrogens is 2. The number of rotatable bonds is 5. The number of halogens is 1. The maximum atomic E-state index is 13.6. The summed E-state index contributed by atoms with van der Waals surface area (Å²) in [7, 11) is -2.00. The number of anilines is 1. The van der Waals surface area contributed by atoms with Crippen LogP contribution in [-0.4, -0.2) is 55.5 Å². The second kappa shape index (κ2) is 9.41. The first kappa shape index (κ1) is 23.7. The van der Waals surface area contributed by atoms with Crippen molar-refractivity contribution < 1.29 is 32.9 Å². The topological polar surface area (TPSA) is 145 Å². The number of amides is 1. The molecule has 0 bridgehead atoms. The van der Waals surface area contributed by atoms with Crippen LogP contribution in [0, 0.1) is 5.82 Å². The Morgan fingerprint density at radius 3 is 2.79 bits per heavy atom. The molecule has 2 aromatic heterocycles. The molecule has 3 aromatic rings. The number of benzene rings is 1. The normalized spacial score (nSPS) is 16.2. The van der Waals surface area contributed by atoms with Crippen LogP contribution in [-0.2, 0) is 11.3 Å². The molecule has 1 aliphatic heterocycles. The summed E-state index contributed by atoms with van der Waals surface area (Å²) in [5.41, 5.74) is -0.0484. The van der Waals surface area contributed by atoms with Gasteiger partial charge in [-0.05, 0) is 42.7 Å². The van der Waals surface area contributed by atoms with Crippen LogP contribution in [0.3, 0.4) is 0 Å². The van der Waals surface area contributed by atoms with Crippen LogP contribution in [0.5, 0.6) is 5.75 Å². The average molecular weight is 491 g/mol. The zero-order valence-electron chi connectivity index (χ0n) is 18.2. The van der Waals surface area contributed by atoms with Crippen molar-refractivity contribution in [3.05, 3.63) is 59.2 Å². The minimum atomic E-state index is -3.16. The summed E-state index contributed by atoms with van der Waals surface area (Å²) in [4.78, 5) is 33.4. The van der Waals surface area contributed by atoms with Crippen LogP contribution >= 0.6 is 10.8 Å². The highest BCUT2D eigenvalue weighted by Gasteiger charge is 2.31. The molecule has 1 fully saturated rings. The average Bonchev–Trinajstić information content (AvgIpc) is 2.83. The number of nitrogens with one attached hydrogen (secondary N) is 1. The zero-order chi connectivity index (χ0) is 24.5. The van der Waals surface area contributed by atoms with E-state index in [9.17, 15) is 28.2 Å². The van der Waals surface area contributed by atoms with E-state index >= 15 is 0 Å². The lowest BCUT2D eigenvalue weighted by Gasteiger charge is -2.47. The first-order valence-corrected chi connectivity index (χ1v) is 12.1. The molecule has 4 N–H and O–H groups in total. The third kappa shape index (κ3) is 4.47. The van der Waals surface area contributed by atoms with Crippen molar-refractivity contribution in [2.75, 3.05) is 23.7 Å². The van der Waals surface area contributed by atoms with E-state index in [0.717, 1.165) is 19.2 Å². The Bertz CT molecular complexity index is 1270. The molecule has 1 aromatic carbocycles. The van der Waals surface area contributed by atoms with Gasteiger partial charge in [0.25, 0.3) is 5.91 Å². The molecule has 34 heavy (non-hydrogen) atoms. The summed E-state index contributed by atoms with van der Waals surface area (Å²) >= 11 is 0. The van der Waals surface area contributed by atoms with E-state index in [1.165, 1.54) is 16.6 Å². The van der Waals surface area contributed by atoms with E-state index in [2.05, 4.69) is 20.0 Å². The maximum Gasteiger partial charge on any atom is 0.338 e. The Hall–Kier alpha value is -3.48. The van der Waals surface area contributed by atoms with Crippen LogP contribution in [0.2, 0.25) is 0 Å². The van der Waals surface area contributed by atoms with E-state index in [0.29, 0.717) is 30.3 Å². The molecular formula is C22H23FN4O6S. The molecule has 0 aliphatic carbocycles. The number of carbonyl (C=O) groups excluding carboxylic acids is 2. The molecule has 1 amide bonds. The molecule has 3 heterocycles. The standard InChI is InChI=1S/C22H23FN4O6S/c1-33-22(30)16-11-14(23)7-6-13(16)12-25-21(29)18-19(28)17-15(5-4-8-24-17)20(26-18)27-9-2-3-10-34(27,31)32/h4-8,11,28,31-32H,2-3,9-10,12H2,1H3,(H,25,29). The van der Waals surface area contributed by atoms with Gasteiger partial charge in [0.05, 0.1) is 18.4 Å². The number of ether oxygens (including phenoxy) is 1. The molecule has 1 saturated heterocycles. The van der Waals surface area contributed by atoms with Gasteiger partial charge in [0.1, 0.15) is 11.3 Å². The third-order valence-corrected chi connectivity index (χ3v) is 7.36. The summed E-state index contributed by atoms with van der Waals surface area (Å²) in [5, 5.41) is 13.7. The number of hydrogen-bond donors (Lipinski definition) is 4. The van der Waals surface area contributed by atoms with E-state index in [1.807, 2.05) is 0 Å². The maximum absolute atomic E-state index is 13.6. The predicted molar refractivity (Wildman–Crippen MR) is 124 cm³/mol. The van der Waals surface area contributed by atoms with Gasteiger partial charge in [0, 0.05) is 24.7 Å². The van der Waals surface area contributed by atoms with Gasteiger partial charge in [0.15, 0.2) is 17.3 Å². The van der Waals surface area contributed by atoms with Crippen molar-refractivity contribution in [3.8, 4) is 5.75 Å². The second-order valence-electron chi connectivity index (χ2n) is 7.65. The quantitative estimate of drug-likeness (QED) is 0.395. The van der Waals surface area contributed by atoms with Gasteiger partial charge >= 0.3 is 5.97 Å². The van der Waals surface area contributed by atoms with E-state index in [4.69, 9.17) is 0 Å². The predicted octanol–water partition coefficient (Wildman–Crippen LogP) is 3.46. The van der Waals surface area contributed by atoms with Gasteiger partial charge in [-0.3, -0.25) is 23.2 Å². The highest BCUT2D eigenvalue weighted by molar-refractivity contribution is 8.25. The van der Waals surface area contributed by atoms with Crippen molar-refractivity contribution in [3.63, 3.8) is 0 Å². The fraction of sp³-hybridized carbons (Fsp3) is 0.273. The van der Waals surface area contributed by atoms with E-state index < -0.39 is 34.2 Å². The first-order chi connectivity index (χ1) is 16.2. The number of carbonyl (C=O) groups is 2. The SMILES string of the molecule is COC(=O)c1cc(F)ccc1CNC(=O)c1nc(N2CCCCS2(O)O)c2cccnc2c1O. The summed E-state index contributed by atoms with van der Waals surface area (Å²) in [6.45, 7) is 0.127. The fourth-order valence-electron chi connectivity index (χ4n) is 3.77. The molecule has 180 valence electrons. The van der Waals surface area contributed by atoms with Gasteiger partial charge in [0.2, 0.25) is 0 Å². The first-order valence-electron chi connectivity index (χ1n) is 10.4. The van der Waals surface area contributed by atoms with Crippen molar-refractivity contribution in [1.82, 2.24) is 15.3 Å². The third-order valence-electron chi connectivity index (χ3n) is 5.47. The Morgan fingerprint density at radius 2 is 2.06 bits per heavy atom. The number of methoxy groups -OCH3 is 1. The van der Waals surface area contributed by atoms with Gasteiger partial charge in [-0.1, -0.05) is 6.07 Å². The fourth-order valence-corrected chi connectivity index (χ4v) is 5.42. The van der Waals surface area contributed by atoms with Crippen LogP contribution in [0.25, 0.3) is 10.9 Å². The van der Waals surface area contributed by atoms with Crippen molar-refractivity contribution in [2.45, 2.75) is 19.4 Å². The summed E-state index contributed by atoms with van der Waals surface area (Å²) in [6.07, 6.45) is 2.77. The molecule has 0 unspecified atom stereocenters. The lowest BCUT2D eigenvalue weighted by Crippen LogP contribution is -2.35. The number of fused-ring (bicyclic) bond motifs is 1. The molecular weight excluding hydrogens is 467 g/mol. The molecule has 0 radical (unpaired) electrons. The van der Waals surface area contributed by atoms with Crippen LogP contribution in [0.1, 0.15) is 39.3 Å². The summed E-state index contributed by atoms with van der Waals surface area (Å²) in [6, 6.07) is 6.72. The Kier molecular flexibility index (Phi) is 6.55. The number of nitrogens with zero attached hydrogens (tertiary/aromatic N) is 3. The monoisotopic (exact) mass is 490 g/mol. The zero-order valence-corrected chi connectivity index (χ0v) is 19.0. The highest BCUT2D eigenvalue weighted by atomic mass is 32.3. The molecule has 4 rings (SSSR count). The number of pyridine rings is 2. The largest absolute Gasteiger partial charge is 0.504 e. The molecule has 1 aliphatic rings. The van der Waals surface area contributed by atoms with Crippen molar-refractivity contribution in [1.29, 1.82) is 0 Å². The molecule has 12 heteroatoms. The number of esters is 1. The Labute approximate surface area is 195 Å². The van der Waals surface area contributed by atoms with E-state index in [-0.39, 0.29) is 34.9 Å². The Balaban J connectivity index is 1.71.